The average Bonchev–Trinajstić information content (AvgIpc) is 2.47. The Morgan fingerprint density at radius 3 is 2.65 bits per heavy atom. The number of hydrogen-bond acceptors (Lipinski definition) is 1. The van der Waals surface area contributed by atoms with Gasteiger partial charge < -0.3 is 4.90 Å². The second kappa shape index (κ2) is 5.67. The molecule has 3 rings (SSSR count). The van der Waals surface area contributed by atoms with Gasteiger partial charge in [0.15, 0.2) is 0 Å². The Morgan fingerprint density at radius 1 is 1.10 bits per heavy atom. The van der Waals surface area contributed by atoms with Crippen LogP contribution in [0.25, 0.3) is 0 Å². The van der Waals surface area contributed by atoms with E-state index in [9.17, 15) is 0 Å². The summed E-state index contributed by atoms with van der Waals surface area (Å²) in [5, 5.41) is 0.743. The van der Waals surface area contributed by atoms with E-state index < -0.39 is 0 Å². The lowest BCUT2D eigenvalue weighted by atomic mass is 9.95. The van der Waals surface area contributed by atoms with Crippen LogP contribution in [0.4, 0.5) is 11.4 Å². The number of aryl methyl sites for hydroxylation is 1. The summed E-state index contributed by atoms with van der Waals surface area (Å²) >= 11 is 12.4. The quantitative estimate of drug-likeness (QED) is 0.657. The van der Waals surface area contributed by atoms with Crippen molar-refractivity contribution in [2.75, 3.05) is 4.90 Å². The summed E-state index contributed by atoms with van der Waals surface area (Å²) in [6, 6.07) is 15.1. The molecule has 0 aliphatic carbocycles. The van der Waals surface area contributed by atoms with Crippen molar-refractivity contribution in [3.8, 4) is 0 Å². The lowest BCUT2D eigenvalue weighted by molar-refractivity contribution is 0.617. The summed E-state index contributed by atoms with van der Waals surface area (Å²) in [6.07, 6.45) is 2.27. The Labute approximate surface area is 130 Å². The normalized spacial score (nSPS) is 17.9. The monoisotopic (exact) mass is 305 g/mol. The predicted molar refractivity (Wildman–Crippen MR) is 87.4 cm³/mol. The third kappa shape index (κ3) is 2.30. The second-order valence-electron chi connectivity index (χ2n) is 5.26. The van der Waals surface area contributed by atoms with E-state index in [1.165, 1.54) is 11.3 Å². The van der Waals surface area contributed by atoms with E-state index in [2.05, 4.69) is 42.2 Å². The number of halogens is 2. The largest absolute Gasteiger partial charge is 0.338 e. The van der Waals surface area contributed by atoms with Gasteiger partial charge in [0.1, 0.15) is 0 Å². The highest BCUT2D eigenvalue weighted by atomic mass is 35.5. The first kappa shape index (κ1) is 13.8. The zero-order valence-electron chi connectivity index (χ0n) is 11.4. The molecule has 0 radical (unpaired) electrons. The molecular formula is C17H17Cl2N. The molecule has 0 spiro atoms. The Hall–Kier alpha value is -1.18. The molecule has 0 amide bonds. The lowest BCUT2D eigenvalue weighted by Gasteiger charge is -2.38. The minimum absolute atomic E-state index is 0.431. The molecule has 104 valence electrons. The third-order valence-electron chi connectivity index (χ3n) is 4.01. The topological polar surface area (TPSA) is 3.24 Å². The van der Waals surface area contributed by atoms with Gasteiger partial charge in [-0.1, -0.05) is 35.9 Å². The highest BCUT2D eigenvalue weighted by Gasteiger charge is 2.26. The van der Waals surface area contributed by atoms with E-state index >= 15 is 0 Å². The van der Waals surface area contributed by atoms with E-state index in [1.807, 2.05) is 12.1 Å². The fourth-order valence-electron chi connectivity index (χ4n) is 2.96. The number of nitrogens with zero attached hydrogens (tertiary/aromatic N) is 1. The van der Waals surface area contributed by atoms with Gasteiger partial charge in [-0.3, -0.25) is 0 Å². The van der Waals surface area contributed by atoms with Crippen LogP contribution in [-0.2, 0) is 12.3 Å². The SMILES string of the molecule is CC1CCc2ccccc2N1c1cccc(Cl)c1CCl. The summed E-state index contributed by atoms with van der Waals surface area (Å²) < 4.78 is 0. The first-order valence-electron chi connectivity index (χ1n) is 6.93. The van der Waals surface area contributed by atoms with Crippen molar-refractivity contribution < 1.29 is 0 Å². The standard InChI is InChI=1S/C17H17Cl2N/c1-12-9-10-13-5-2-3-7-16(13)20(12)17-8-4-6-15(19)14(17)11-18/h2-8,12H,9-11H2,1H3. The number of hydrogen-bond donors (Lipinski definition) is 0. The van der Waals surface area contributed by atoms with Gasteiger partial charge in [0.2, 0.25) is 0 Å². The summed E-state index contributed by atoms with van der Waals surface area (Å²) in [6.45, 7) is 2.26. The van der Waals surface area contributed by atoms with Gasteiger partial charge in [0.25, 0.3) is 0 Å². The predicted octanol–water partition coefficient (Wildman–Crippen LogP) is 5.55. The second-order valence-corrected chi connectivity index (χ2v) is 5.93. The molecule has 1 aliphatic rings. The Bertz CT molecular complexity index is 624. The molecule has 1 heterocycles. The van der Waals surface area contributed by atoms with Crippen molar-refractivity contribution in [1.29, 1.82) is 0 Å². The highest BCUT2D eigenvalue weighted by Crippen LogP contribution is 2.40. The van der Waals surface area contributed by atoms with Gasteiger partial charge in [0.05, 0.1) is 5.88 Å². The van der Waals surface area contributed by atoms with Crippen molar-refractivity contribution in [3.05, 3.63) is 58.6 Å². The van der Waals surface area contributed by atoms with Gasteiger partial charge in [0, 0.05) is 28.0 Å². The van der Waals surface area contributed by atoms with E-state index in [0.717, 1.165) is 29.1 Å². The number of rotatable bonds is 2. The van der Waals surface area contributed by atoms with Crippen LogP contribution in [0.1, 0.15) is 24.5 Å². The van der Waals surface area contributed by atoms with Crippen LogP contribution in [0, 0.1) is 0 Å². The van der Waals surface area contributed by atoms with Gasteiger partial charge in [-0.25, -0.2) is 0 Å². The number of anilines is 2. The first-order valence-corrected chi connectivity index (χ1v) is 7.84. The summed E-state index contributed by atoms with van der Waals surface area (Å²) in [7, 11) is 0. The van der Waals surface area contributed by atoms with Crippen LogP contribution in [-0.4, -0.2) is 6.04 Å². The zero-order valence-corrected chi connectivity index (χ0v) is 13.0. The molecule has 2 aromatic rings. The van der Waals surface area contributed by atoms with Crippen molar-refractivity contribution in [1.82, 2.24) is 0 Å². The van der Waals surface area contributed by atoms with Crippen LogP contribution >= 0.6 is 23.2 Å². The van der Waals surface area contributed by atoms with Crippen LogP contribution in [0.15, 0.2) is 42.5 Å². The van der Waals surface area contributed by atoms with E-state index in [1.54, 1.807) is 0 Å². The molecular weight excluding hydrogens is 289 g/mol. The maximum atomic E-state index is 6.31. The first-order chi connectivity index (χ1) is 9.72. The van der Waals surface area contributed by atoms with E-state index in [0.29, 0.717) is 11.9 Å². The Balaban J connectivity index is 2.17. The fraction of sp³-hybridized carbons (Fsp3) is 0.294. The Kier molecular flexibility index (Phi) is 3.91. The molecule has 0 N–H and O–H groups in total. The molecule has 0 bridgehead atoms. The Morgan fingerprint density at radius 2 is 1.85 bits per heavy atom. The lowest BCUT2D eigenvalue weighted by Crippen LogP contribution is -2.33. The minimum atomic E-state index is 0.431. The fourth-order valence-corrected chi connectivity index (χ4v) is 3.55. The molecule has 0 fully saturated rings. The third-order valence-corrected chi connectivity index (χ3v) is 4.63. The van der Waals surface area contributed by atoms with Crippen LogP contribution in [0.3, 0.4) is 0 Å². The molecule has 3 heteroatoms. The number of fused-ring (bicyclic) bond motifs is 1. The maximum absolute atomic E-state index is 6.31. The minimum Gasteiger partial charge on any atom is -0.338 e. The zero-order chi connectivity index (χ0) is 14.1. The molecule has 1 aliphatic heterocycles. The summed E-state index contributed by atoms with van der Waals surface area (Å²) in [5.74, 6) is 0.431. The maximum Gasteiger partial charge on any atom is 0.0509 e. The van der Waals surface area contributed by atoms with Gasteiger partial charge in [-0.05, 0) is 43.5 Å². The molecule has 0 saturated heterocycles. The average molecular weight is 306 g/mol. The van der Waals surface area contributed by atoms with Crippen molar-refractivity contribution in [2.45, 2.75) is 31.7 Å². The van der Waals surface area contributed by atoms with Gasteiger partial charge in [-0.2, -0.15) is 0 Å². The van der Waals surface area contributed by atoms with E-state index in [4.69, 9.17) is 23.2 Å². The van der Waals surface area contributed by atoms with Crippen LogP contribution in [0.2, 0.25) is 5.02 Å². The number of alkyl halides is 1. The molecule has 0 aromatic heterocycles. The smallest absolute Gasteiger partial charge is 0.0509 e. The van der Waals surface area contributed by atoms with E-state index in [-0.39, 0.29) is 0 Å². The van der Waals surface area contributed by atoms with Crippen LogP contribution in [0.5, 0.6) is 0 Å². The van der Waals surface area contributed by atoms with Crippen molar-refractivity contribution >= 4 is 34.6 Å². The molecule has 1 nitrogen and oxygen atoms in total. The van der Waals surface area contributed by atoms with Crippen molar-refractivity contribution in [2.24, 2.45) is 0 Å². The molecule has 0 saturated carbocycles. The summed E-state index contributed by atoms with van der Waals surface area (Å²) in [4.78, 5) is 2.38. The highest BCUT2D eigenvalue weighted by molar-refractivity contribution is 6.32. The molecule has 2 aromatic carbocycles. The van der Waals surface area contributed by atoms with Crippen LogP contribution < -0.4 is 4.90 Å². The van der Waals surface area contributed by atoms with Gasteiger partial charge in [-0.15, -0.1) is 11.6 Å². The molecule has 1 unspecified atom stereocenters. The molecule has 20 heavy (non-hydrogen) atoms. The molecule has 1 atom stereocenters. The number of benzene rings is 2. The van der Waals surface area contributed by atoms with Gasteiger partial charge >= 0.3 is 0 Å². The number of para-hydroxylation sites is 1. The van der Waals surface area contributed by atoms with Crippen molar-refractivity contribution in [3.63, 3.8) is 0 Å². The summed E-state index contributed by atoms with van der Waals surface area (Å²) in [5.41, 5.74) is 4.82.